The fraction of sp³-hybridized carbons (Fsp3) is 0.375. The number of methoxy groups -OCH3 is 2. The van der Waals surface area contributed by atoms with Gasteiger partial charge in [0.05, 0.1) is 26.2 Å². The molecule has 4 rings (SSSR count). The molecule has 29 heavy (non-hydrogen) atoms. The van der Waals surface area contributed by atoms with Gasteiger partial charge in [-0.15, -0.1) is 0 Å². The molecule has 2 fully saturated rings. The molecule has 1 aliphatic heterocycles. The van der Waals surface area contributed by atoms with Gasteiger partial charge in [-0.3, -0.25) is 4.79 Å². The molecule has 2 aromatic carbocycles. The first kappa shape index (κ1) is 19.4. The van der Waals surface area contributed by atoms with Crippen molar-refractivity contribution in [2.24, 2.45) is 11.3 Å². The van der Waals surface area contributed by atoms with E-state index >= 15 is 0 Å². The second kappa shape index (κ2) is 7.82. The van der Waals surface area contributed by atoms with Crippen molar-refractivity contribution in [2.45, 2.75) is 25.8 Å². The van der Waals surface area contributed by atoms with Crippen LogP contribution in [-0.2, 0) is 22.5 Å². The topological polar surface area (TPSA) is 56.8 Å². The van der Waals surface area contributed by atoms with Gasteiger partial charge >= 0.3 is 5.97 Å². The summed E-state index contributed by atoms with van der Waals surface area (Å²) in [7, 11) is 3.27. The summed E-state index contributed by atoms with van der Waals surface area (Å²) < 4.78 is 16.0. The number of ether oxygens (including phenoxy) is 3. The third-order valence-corrected chi connectivity index (χ3v) is 6.12. The van der Waals surface area contributed by atoms with E-state index in [1.807, 2.05) is 18.2 Å². The maximum atomic E-state index is 12.5. The van der Waals surface area contributed by atoms with Crippen molar-refractivity contribution in [1.29, 1.82) is 0 Å². The smallest absolute Gasteiger partial charge is 0.313 e. The Balaban J connectivity index is 1.41. The number of benzene rings is 2. The maximum Gasteiger partial charge on any atom is 0.313 e. The molecule has 1 saturated carbocycles. The largest absolute Gasteiger partial charge is 0.493 e. The number of allylic oxidation sites excluding steroid dienone is 1. The van der Waals surface area contributed by atoms with Crippen molar-refractivity contribution in [3.63, 3.8) is 0 Å². The van der Waals surface area contributed by atoms with Crippen LogP contribution in [0.3, 0.4) is 0 Å². The number of hydrogen-bond donors (Lipinski definition) is 1. The zero-order chi connectivity index (χ0) is 20.4. The van der Waals surface area contributed by atoms with Gasteiger partial charge < -0.3 is 19.5 Å². The van der Waals surface area contributed by atoms with Crippen LogP contribution >= 0.6 is 0 Å². The standard InChI is InChI=1S/C24H27NO4/c1-16-10-19-15-29-23(26)24(19,12-16)13-17-4-7-20(8-5-17)25-14-18-6-9-21(27-2)22(11-18)28-3/h4-9,11,19,25H,1,10,12-15H2,2-3H3. The third kappa shape index (κ3) is 3.69. The molecular formula is C24H27NO4. The van der Waals surface area contributed by atoms with E-state index < -0.39 is 5.41 Å². The summed E-state index contributed by atoms with van der Waals surface area (Å²) in [5.74, 6) is 1.65. The first-order valence-corrected chi connectivity index (χ1v) is 9.91. The van der Waals surface area contributed by atoms with Crippen molar-refractivity contribution in [3.05, 3.63) is 65.7 Å². The molecule has 2 unspecified atom stereocenters. The van der Waals surface area contributed by atoms with E-state index in [0.717, 1.165) is 41.2 Å². The average molecular weight is 393 g/mol. The maximum absolute atomic E-state index is 12.5. The van der Waals surface area contributed by atoms with Gasteiger partial charge in [0.25, 0.3) is 0 Å². The van der Waals surface area contributed by atoms with E-state index in [0.29, 0.717) is 19.6 Å². The van der Waals surface area contributed by atoms with Crippen LogP contribution in [0.5, 0.6) is 11.5 Å². The Morgan fingerprint density at radius 3 is 2.55 bits per heavy atom. The minimum Gasteiger partial charge on any atom is -0.493 e. The molecule has 0 bridgehead atoms. The van der Waals surface area contributed by atoms with Gasteiger partial charge in [-0.1, -0.05) is 30.4 Å². The van der Waals surface area contributed by atoms with Gasteiger partial charge in [0.15, 0.2) is 11.5 Å². The van der Waals surface area contributed by atoms with Gasteiger partial charge in [0.1, 0.15) is 0 Å². The summed E-state index contributed by atoms with van der Waals surface area (Å²) in [6.07, 6.45) is 2.36. The normalized spacial score (nSPS) is 22.9. The van der Waals surface area contributed by atoms with E-state index in [9.17, 15) is 4.79 Å². The highest BCUT2D eigenvalue weighted by Gasteiger charge is 2.55. The highest BCUT2D eigenvalue weighted by atomic mass is 16.5. The average Bonchev–Trinajstić information content (AvgIpc) is 3.21. The van der Waals surface area contributed by atoms with Crippen LogP contribution in [0.1, 0.15) is 24.0 Å². The van der Waals surface area contributed by atoms with Gasteiger partial charge in [-0.2, -0.15) is 0 Å². The summed E-state index contributed by atoms with van der Waals surface area (Å²) in [6.45, 7) is 5.32. The predicted molar refractivity (Wildman–Crippen MR) is 112 cm³/mol. The zero-order valence-electron chi connectivity index (χ0n) is 17.0. The molecule has 0 aromatic heterocycles. The molecule has 1 N–H and O–H groups in total. The van der Waals surface area contributed by atoms with Gasteiger partial charge in [-0.05, 0) is 54.7 Å². The molecule has 1 heterocycles. The molecule has 2 aliphatic rings. The first-order chi connectivity index (χ1) is 14.0. The highest BCUT2D eigenvalue weighted by molar-refractivity contribution is 5.81. The fourth-order valence-electron chi connectivity index (χ4n) is 4.56. The molecule has 0 spiro atoms. The Bertz CT molecular complexity index is 921. The first-order valence-electron chi connectivity index (χ1n) is 9.91. The van der Waals surface area contributed by atoms with Crippen LogP contribution in [0, 0.1) is 11.3 Å². The van der Waals surface area contributed by atoms with Crippen LogP contribution in [0.4, 0.5) is 5.69 Å². The van der Waals surface area contributed by atoms with E-state index in [-0.39, 0.29) is 11.9 Å². The molecule has 1 saturated heterocycles. The summed E-state index contributed by atoms with van der Waals surface area (Å²) in [4.78, 5) is 12.5. The molecule has 2 atom stereocenters. The van der Waals surface area contributed by atoms with Crippen LogP contribution in [0.15, 0.2) is 54.6 Å². The molecule has 0 radical (unpaired) electrons. The lowest BCUT2D eigenvalue weighted by Gasteiger charge is -2.24. The van der Waals surface area contributed by atoms with Crippen LogP contribution in [0.2, 0.25) is 0 Å². The number of esters is 1. The third-order valence-electron chi connectivity index (χ3n) is 6.12. The minimum absolute atomic E-state index is 0.0585. The van der Waals surface area contributed by atoms with E-state index in [1.165, 1.54) is 5.57 Å². The van der Waals surface area contributed by atoms with Gasteiger partial charge in [0.2, 0.25) is 0 Å². The van der Waals surface area contributed by atoms with Crippen LogP contribution in [0.25, 0.3) is 0 Å². The van der Waals surface area contributed by atoms with Crippen molar-refractivity contribution in [1.82, 2.24) is 0 Å². The number of nitrogens with one attached hydrogen (secondary N) is 1. The quantitative estimate of drug-likeness (QED) is 0.559. The van der Waals surface area contributed by atoms with Crippen molar-refractivity contribution >= 4 is 11.7 Å². The molecular weight excluding hydrogens is 366 g/mol. The summed E-state index contributed by atoms with van der Waals surface area (Å²) in [6, 6.07) is 14.2. The number of carbonyl (C=O) groups is 1. The van der Waals surface area contributed by atoms with E-state index in [2.05, 4.69) is 36.2 Å². The predicted octanol–water partition coefficient (Wildman–Crippen LogP) is 4.37. The SMILES string of the molecule is C=C1CC2COC(=O)C2(Cc2ccc(NCc3ccc(OC)c(OC)c3)cc2)C1. The van der Waals surface area contributed by atoms with Crippen molar-refractivity contribution in [3.8, 4) is 11.5 Å². The van der Waals surface area contributed by atoms with Crippen LogP contribution < -0.4 is 14.8 Å². The number of cyclic esters (lactones) is 1. The molecule has 0 amide bonds. The zero-order valence-corrected chi connectivity index (χ0v) is 17.0. The number of hydrogen-bond acceptors (Lipinski definition) is 5. The Labute approximate surface area is 171 Å². The van der Waals surface area contributed by atoms with Gasteiger partial charge in [0, 0.05) is 18.2 Å². The molecule has 1 aliphatic carbocycles. The summed E-state index contributed by atoms with van der Waals surface area (Å²) >= 11 is 0. The highest BCUT2D eigenvalue weighted by Crippen LogP contribution is 2.52. The number of rotatable bonds is 7. The molecule has 2 aromatic rings. The molecule has 152 valence electrons. The summed E-state index contributed by atoms with van der Waals surface area (Å²) in [5.41, 5.74) is 4.04. The lowest BCUT2D eigenvalue weighted by Crippen LogP contribution is -2.31. The van der Waals surface area contributed by atoms with E-state index in [4.69, 9.17) is 14.2 Å². The van der Waals surface area contributed by atoms with Crippen molar-refractivity contribution in [2.75, 3.05) is 26.1 Å². The van der Waals surface area contributed by atoms with E-state index in [1.54, 1.807) is 14.2 Å². The van der Waals surface area contributed by atoms with Gasteiger partial charge in [-0.25, -0.2) is 0 Å². The Morgan fingerprint density at radius 2 is 1.83 bits per heavy atom. The number of fused-ring (bicyclic) bond motifs is 1. The second-order valence-electron chi connectivity index (χ2n) is 8.00. The summed E-state index contributed by atoms with van der Waals surface area (Å²) in [5, 5.41) is 3.43. The van der Waals surface area contributed by atoms with Crippen LogP contribution in [-0.4, -0.2) is 26.8 Å². The monoisotopic (exact) mass is 393 g/mol. The van der Waals surface area contributed by atoms with Crippen molar-refractivity contribution < 1.29 is 19.0 Å². The molecule has 5 heteroatoms. The minimum atomic E-state index is -0.411. The number of anilines is 1. The molecule has 5 nitrogen and oxygen atoms in total. The lowest BCUT2D eigenvalue weighted by molar-refractivity contribution is -0.146. The fourth-order valence-corrected chi connectivity index (χ4v) is 4.56. The lowest BCUT2D eigenvalue weighted by atomic mass is 9.75. The Kier molecular flexibility index (Phi) is 5.22. The Hall–Kier alpha value is -2.95. The Morgan fingerprint density at radius 1 is 1.10 bits per heavy atom. The number of carbonyl (C=O) groups excluding carboxylic acids is 1. The second-order valence-corrected chi connectivity index (χ2v) is 8.00.